The lowest BCUT2D eigenvalue weighted by atomic mass is 10.2. The zero-order valence-electron chi connectivity index (χ0n) is 15.0. The fourth-order valence-corrected chi connectivity index (χ4v) is 2.61. The zero-order chi connectivity index (χ0) is 18.7. The number of fused-ring (bicyclic) bond motifs is 1. The van der Waals surface area contributed by atoms with Gasteiger partial charge in [-0.25, -0.2) is 4.98 Å². The molecule has 0 aliphatic carbocycles. The predicted octanol–water partition coefficient (Wildman–Crippen LogP) is 3.46. The standard InChI is InChI=1S/C19H21N5O2/c1-4-16(25)21-14-6-8-15(9-7-14)22-19-20-11-13-5-10-17(26)24(12(2)3)18(13)23-19/h5-12H,4H2,1-3H3,(H,21,25)(H,20,22,23). The first-order valence-electron chi connectivity index (χ1n) is 8.53. The molecular formula is C19H21N5O2. The molecule has 134 valence electrons. The van der Waals surface area contributed by atoms with Gasteiger partial charge < -0.3 is 10.6 Å². The predicted molar refractivity (Wildman–Crippen MR) is 103 cm³/mol. The molecule has 2 aromatic heterocycles. The molecule has 3 aromatic rings. The van der Waals surface area contributed by atoms with E-state index in [9.17, 15) is 9.59 Å². The number of amides is 1. The summed E-state index contributed by atoms with van der Waals surface area (Å²) >= 11 is 0. The highest BCUT2D eigenvalue weighted by molar-refractivity contribution is 5.90. The minimum atomic E-state index is -0.0897. The van der Waals surface area contributed by atoms with Gasteiger partial charge in [0.05, 0.1) is 0 Å². The smallest absolute Gasteiger partial charge is 0.252 e. The van der Waals surface area contributed by atoms with Crippen molar-refractivity contribution in [2.75, 3.05) is 10.6 Å². The molecule has 26 heavy (non-hydrogen) atoms. The molecule has 0 spiro atoms. The Balaban J connectivity index is 1.88. The molecule has 0 saturated heterocycles. The molecule has 1 aromatic carbocycles. The van der Waals surface area contributed by atoms with Crippen molar-refractivity contribution in [1.82, 2.24) is 14.5 Å². The number of anilines is 3. The van der Waals surface area contributed by atoms with Crippen LogP contribution in [0, 0.1) is 0 Å². The summed E-state index contributed by atoms with van der Waals surface area (Å²) in [5, 5.41) is 6.73. The van der Waals surface area contributed by atoms with Gasteiger partial charge in [0, 0.05) is 41.5 Å². The maximum Gasteiger partial charge on any atom is 0.252 e. The first-order valence-corrected chi connectivity index (χ1v) is 8.53. The second-order valence-electron chi connectivity index (χ2n) is 6.21. The van der Waals surface area contributed by atoms with Gasteiger partial charge in [0.2, 0.25) is 11.9 Å². The van der Waals surface area contributed by atoms with Gasteiger partial charge in [0.15, 0.2) is 0 Å². The Hall–Kier alpha value is -3.22. The Kier molecular flexibility index (Phi) is 4.97. The van der Waals surface area contributed by atoms with Crippen LogP contribution in [-0.2, 0) is 4.79 Å². The van der Waals surface area contributed by atoms with E-state index in [-0.39, 0.29) is 17.5 Å². The fraction of sp³-hybridized carbons (Fsp3) is 0.263. The van der Waals surface area contributed by atoms with Gasteiger partial charge in [0.25, 0.3) is 5.56 Å². The van der Waals surface area contributed by atoms with Crippen molar-refractivity contribution in [3.8, 4) is 0 Å². The van der Waals surface area contributed by atoms with E-state index < -0.39 is 0 Å². The summed E-state index contributed by atoms with van der Waals surface area (Å²) in [6.45, 7) is 5.69. The highest BCUT2D eigenvalue weighted by atomic mass is 16.1. The summed E-state index contributed by atoms with van der Waals surface area (Å²) in [5.41, 5.74) is 2.02. The van der Waals surface area contributed by atoms with E-state index in [1.54, 1.807) is 35.9 Å². The van der Waals surface area contributed by atoms with Crippen LogP contribution in [0.15, 0.2) is 47.4 Å². The maximum atomic E-state index is 12.1. The van der Waals surface area contributed by atoms with E-state index in [0.29, 0.717) is 18.0 Å². The molecule has 7 heteroatoms. The van der Waals surface area contributed by atoms with Crippen molar-refractivity contribution >= 4 is 34.3 Å². The van der Waals surface area contributed by atoms with E-state index in [0.717, 1.165) is 16.8 Å². The molecular weight excluding hydrogens is 330 g/mol. The number of hydrogen-bond acceptors (Lipinski definition) is 5. The van der Waals surface area contributed by atoms with Crippen LogP contribution in [0.25, 0.3) is 11.0 Å². The van der Waals surface area contributed by atoms with Crippen LogP contribution in [0.1, 0.15) is 33.2 Å². The minimum absolute atomic E-state index is 0.00425. The molecule has 0 radical (unpaired) electrons. The van der Waals surface area contributed by atoms with Crippen molar-refractivity contribution in [2.45, 2.75) is 33.2 Å². The molecule has 0 atom stereocenters. The van der Waals surface area contributed by atoms with Crippen LogP contribution in [0.2, 0.25) is 0 Å². The molecule has 0 bridgehead atoms. The zero-order valence-corrected chi connectivity index (χ0v) is 15.0. The van der Waals surface area contributed by atoms with E-state index in [2.05, 4.69) is 20.6 Å². The third-order valence-corrected chi connectivity index (χ3v) is 3.93. The molecule has 0 aliphatic rings. The van der Waals surface area contributed by atoms with Gasteiger partial charge >= 0.3 is 0 Å². The number of benzene rings is 1. The second kappa shape index (κ2) is 7.35. The summed E-state index contributed by atoms with van der Waals surface area (Å²) in [6.07, 6.45) is 2.13. The summed E-state index contributed by atoms with van der Waals surface area (Å²) in [6, 6.07) is 10.5. The SMILES string of the molecule is CCC(=O)Nc1ccc(Nc2ncc3ccc(=O)n(C(C)C)c3n2)cc1. The number of carbonyl (C=O) groups excluding carboxylic acids is 1. The number of aromatic nitrogens is 3. The number of hydrogen-bond donors (Lipinski definition) is 2. The molecule has 0 aliphatic heterocycles. The Morgan fingerprint density at radius 1 is 1.12 bits per heavy atom. The van der Waals surface area contributed by atoms with Crippen molar-refractivity contribution in [3.63, 3.8) is 0 Å². The number of pyridine rings is 1. The van der Waals surface area contributed by atoms with E-state index in [4.69, 9.17) is 0 Å². The molecule has 0 unspecified atom stereocenters. The van der Waals surface area contributed by atoms with Gasteiger partial charge in [-0.3, -0.25) is 14.2 Å². The Morgan fingerprint density at radius 3 is 2.46 bits per heavy atom. The van der Waals surface area contributed by atoms with Gasteiger partial charge in [-0.1, -0.05) is 6.92 Å². The number of carbonyl (C=O) groups is 1. The average molecular weight is 351 g/mol. The third-order valence-electron chi connectivity index (χ3n) is 3.93. The first-order chi connectivity index (χ1) is 12.5. The lowest BCUT2D eigenvalue weighted by Gasteiger charge is -2.13. The van der Waals surface area contributed by atoms with Gasteiger partial charge in [-0.2, -0.15) is 4.98 Å². The van der Waals surface area contributed by atoms with Crippen molar-refractivity contribution in [3.05, 3.63) is 52.9 Å². The van der Waals surface area contributed by atoms with Crippen LogP contribution < -0.4 is 16.2 Å². The largest absolute Gasteiger partial charge is 0.326 e. The summed E-state index contributed by atoms with van der Waals surface area (Å²) in [4.78, 5) is 32.4. The Bertz CT molecular complexity index is 993. The van der Waals surface area contributed by atoms with Crippen molar-refractivity contribution < 1.29 is 4.79 Å². The van der Waals surface area contributed by atoms with Crippen molar-refractivity contribution in [2.24, 2.45) is 0 Å². The Morgan fingerprint density at radius 2 is 1.81 bits per heavy atom. The monoisotopic (exact) mass is 351 g/mol. The van der Waals surface area contributed by atoms with E-state index in [1.807, 2.05) is 26.0 Å². The summed E-state index contributed by atoms with van der Waals surface area (Å²) in [5.74, 6) is 0.373. The number of nitrogens with one attached hydrogen (secondary N) is 2. The van der Waals surface area contributed by atoms with Gasteiger partial charge in [-0.15, -0.1) is 0 Å². The van der Waals surface area contributed by atoms with Crippen LogP contribution in [0.5, 0.6) is 0 Å². The molecule has 3 rings (SSSR count). The molecule has 2 N–H and O–H groups in total. The maximum absolute atomic E-state index is 12.1. The highest BCUT2D eigenvalue weighted by Gasteiger charge is 2.09. The molecule has 1 amide bonds. The normalized spacial score (nSPS) is 10.9. The minimum Gasteiger partial charge on any atom is -0.326 e. The van der Waals surface area contributed by atoms with Crippen LogP contribution in [0.4, 0.5) is 17.3 Å². The number of rotatable bonds is 5. The topological polar surface area (TPSA) is 88.9 Å². The average Bonchev–Trinajstić information content (AvgIpc) is 2.62. The van der Waals surface area contributed by atoms with Gasteiger partial charge in [-0.05, 0) is 44.2 Å². The lowest BCUT2D eigenvalue weighted by molar-refractivity contribution is -0.115. The van der Waals surface area contributed by atoms with E-state index in [1.165, 1.54) is 6.07 Å². The summed E-state index contributed by atoms with van der Waals surface area (Å²) in [7, 11) is 0. The van der Waals surface area contributed by atoms with Gasteiger partial charge in [0.1, 0.15) is 5.65 Å². The first kappa shape index (κ1) is 17.6. The molecule has 7 nitrogen and oxygen atoms in total. The summed E-state index contributed by atoms with van der Waals surface area (Å²) < 4.78 is 1.64. The molecule has 2 heterocycles. The molecule has 0 saturated carbocycles. The van der Waals surface area contributed by atoms with Crippen LogP contribution in [-0.4, -0.2) is 20.4 Å². The second-order valence-corrected chi connectivity index (χ2v) is 6.21. The lowest BCUT2D eigenvalue weighted by Crippen LogP contribution is -2.22. The fourth-order valence-electron chi connectivity index (χ4n) is 2.61. The Labute approximate surface area is 151 Å². The number of nitrogens with zero attached hydrogens (tertiary/aromatic N) is 3. The van der Waals surface area contributed by atoms with E-state index >= 15 is 0 Å². The molecule has 0 fully saturated rings. The quantitative estimate of drug-likeness (QED) is 0.735. The van der Waals surface area contributed by atoms with Crippen molar-refractivity contribution in [1.29, 1.82) is 0 Å². The third kappa shape index (κ3) is 3.72. The van der Waals surface area contributed by atoms with Crippen LogP contribution >= 0.6 is 0 Å². The van der Waals surface area contributed by atoms with Crippen LogP contribution in [0.3, 0.4) is 0 Å². The highest BCUT2D eigenvalue weighted by Crippen LogP contribution is 2.19.